The molecule has 0 spiro atoms. The molecule has 0 aliphatic carbocycles. The van der Waals surface area contributed by atoms with E-state index >= 15 is 0 Å². The molecule has 1 N–H and O–H groups in total. The molecule has 0 amide bonds. The highest BCUT2D eigenvalue weighted by atomic mass is 32.2. The highest BCUT2D eigenvalue weighted by Crippen LogP contribution is 2.15. The fourth-order valence-corrected chi connectivity index (χ4v) is 2.47. The number of anilines is 1. The van der Waals surface area contributed by atoms with Gasteiger partial charge in [0.25, 0.3) is 0 Å². The van der Waals surface area contributed by atoms with Gasteiger partial charge in [-0.2, -0.15) is 0 Å². The third-order valence-electron chi connectivity index (χ3n) is 2.94. The molecular weight excluding hydrogens is 276 g/mol. The van der Waals surface area contributed by atoms with Crippen LogP contribution in [-0.4, -0.2) is 58.5 Å². The van der Waals surface area contributed by atoms with Crippen molar-refractivity contribution in [2.24, 2.45) is 0 Å². The van der Waals surface area contributed by atoms with E-state index in [2.05, 4.69) is 17.2 Å². The van der Waals surface area contributed by atoms with Crippen molar-refractivity contribution in [1.82, 2.24) is 14.6 Å². The van der Waals surface area contributed by atoms with Crippen LogP contribution in [0.2, 0.25) is 0 Å². The Morgan fingerprint density at radius 3 is 2.40 bits per heavy atom. The highest BCUT2D eigenvalue weighted by Gasteiger charge is 2.17. The molecule has 0 saturated heterocycles. The zero-order valence-electron chi connectivity index (χ0n) is 12.6. The fourth-order valence-electron chi connectivity index (χ4n) is 1.62. The van der Waals surface area contributed by atoms with Crippen LogP contribution >= 0.6 is 0 Å². The van der Waals surface area contributed by atoms with Gasteiger partial charge in [-0.25, -0.2) is 17.7 Å². The molecule has 1 aromatic heterocycles. The largest absolute Gasteiger partial charge is 0.358 e. The van der Waals surface area contributed by atoms with Gasteiger partial charge in [0, 0.05) is 40.4 Å². The van der Waals surface area contributed by atoms with E-state index in [1.165, 1.54) is 24.6 Å². The molecule has 20 heavy (non-hydrogen) atoms. The molecule has 0 atom stereocenters. The molecule has 0 aliphatic rings. The van der Waals surface area contributed by atoms with Crippen LogP contribution in [-0.2, 0) is 10.0 Å². The maximum atomic E-state index is 11.9. The second-order valence-electron chi connectivity index (χ2n) is 4.81. The molecule has 0 aromatic carbocycles. The molecule has 1 rings (SSSR count). The van der Waals surface area contributed by atoms with Crippen LogP contribution < -0.4 is 10.2 Å². The molecule has 0 radical (unpaired) electrons. The number of hydrogen-bond donors (Lipinski definition) is 1. The fraction of sp³-hybridized carbons (Fsp3) is 0.615. The first-order chi connectivity index (χ1) is 9.39. The summed E-state index contributed by atoms with van der Waals surface area (Å²) in [5, 5.41) is 3.31. The van der Waals surface area contributed by atoms with E-state index in [1.807, 2.05) is 11.9 Å². The Bertz CT molecular complexity index is 500. The van der Waals surface area contributed by atoms with E-state index in [-0.39, 0.29) is 4.90 Å². The molecule has 0 bridgehead atoms. The molecule has 0 unspecified atom stereocenters. The van der Waals surface area contributed by atoms with Gasteiger partial charge in [-0.15, -0.1) is 0 Å². The summed E-state index contributed by atoms with van der Waals surface area (Å²) in [7, 11) is 1.55. The lowest BCUT2D eigenvalue weighted by Crippen LogP contribution is -2.30. The van der Waals surface area contributed by atoms with E-state index in [4.69, 9.17) is 0 Å². The SMILES string of the molecule is CCCNCCN(C)c1ccc(S(=O)(=O)N(C)C)cn1. The highest BCUT2D eigenvalue weighted by molar-refractivity contribution is 7.89. The van der Waals surface area contributed by atoms with Crippen LogP contribution in [0.4, 0.5) is 5.82 Å². The van der Waals surface area contributed by atoms with Crippen molar-refractivity contribution >= 4 is 15.8 Å². The van der Waals surface area contributed by atoms with Crippen LogP contribution in [0, 0.1) is 0 Å². The first-order valence-corrected chi connectivity index (χ1v) is 8.14. The van der Waals surface area contributed by atoms with E-state index in [0.29, 0.717) is 0 Å². The van der Waals surface area contributed by atoms with Crippen LogP contribution in [0.3, 0.4) is 0 Å². The van der Waals surface area contributed by atoms with E-state index < -0.39 is 10.0 Å². The van der Waals surface area contributed by atoms with Gasteiger partial charge in [-0.3, -0.25) is 0 Å². The van der Waals surface area contributed by atoms with Crippen molar-refractivity contribution in [3.05, 3.63) is 18.3 Å². The van der Waals surface area contributed by atoms with E-state index in [1.54, 1.807) is 12.1 Å². The number of aromatic nitrogens is 1. The Morgan fingerprint density at radius 1 is 1.20 bits per heavy atom. The maximum Gasteiger partial charge on any atom is 0.244 e. The lowest BCUT2D eigenvalue weighted by molar-refractivity contribution is 0.520. The summed E-state index contributed by atoms with van der Waals surface area (Å²) in [4.78, 5) is 6.43. The molecule has 6 nitrogen and oxygen atoms in total. The zero-order chi connectivity index (χ0) is 15.2. The topological polar surface area (TPSA) is 65.5 Å². The number of rotatable bonds is 8. The Hall–Kier alpha value is -1.18. The van der Waals surface area contributed by atoms with Crippen LogP contribution in [0.1, 0.15) is 13.3 Å². The lowest BCUT2D eigenvalue weighted by atomic mass is 10.4. The molecule has 7 heteroatoms. The molecule has 114 valence electrons. The van der Waals surface area contributed by atoms with Crippen LogP contribution in [0.15, 0.2) is 23.2 Å². The Balaban J connectivity index is 2.67. The second kappa shape index (κ2) is 7.56. The Morgan fingerprint density at radius 2 is 1.90 bits per heavy atom. The van der Waals surface area contributed by atoms with Crippen molar-refractivity contribution in [2.45, 2.75) is 18.2 Å². The summed E-state index contributed by atoms with van der Waals surface area (Å²) in [6, 6.07) is 3.32. The van der Waals surface area contributed by atoms with Gasteiger partial charge in [-0.1, -0.05) is 6.92 Å². The average Bonchev–Trinajstić information content (AvgIpc) is 2.43. The third-order valence-corrected chi connectivity index (χ3v) is 4.74. The summed E-state index contributed by atoms with van der Waals surface area (Å²) < 4.78 is 25.0. The summed E-state index contributed by atoms with van der Waals surface area (Å²) in [6.07, 6.45) is 2.51. The Labute approximate surface area is 121 Å². The van der Waals surface area contributed by atoms with Crippen molar-refractivity contribution in [3.63, 3.8) is 0 Å². The van der Waals surface area contributed by atoms with Crippen molar-refractivity contribution in [2.75, 3.05) is 45.7 Å². The van der Waals surface area contributed by atoms with Crippen molar-refractivity contribution < 1.29 is 8.42 Å². The standard InChI is InChI=1S/C13H24N4O2S/c1-5-8-14-9-10-17(4)13-7-6-12(11-15-13)20(18,19)16(2)3/h6-7,11,14H,5,8-10H2,1-4H3. The molecule has 1 aromatic rings. The summed E-state index contributed by atoms with van der Waals surface area (Å²) >= 11 is 0. The Kier molecular flexibility index (Phi) is 6.38. The van der Waals surface area contributed by atoms with Gasteiger partial charge < -0.3 is 10.2 Å². The average molecular weight is 300 g/mol. The number of hydrogen-bond acceptors (Lipinski definition) is 5. The van der Waals surface area contributed by atoms with Crippen LogP contribution in [0.5, 0.6) is 0 Å². The van der Waals surface area contributed by atoms with Crippen molar-refractivity contribution in [3.8, 4) is 0 Å². The summed E-state index contributed by atoms with van der Waals surface area (Å²) in [5.41, 5.74) is 0. The number of sulfonamides is 1. The van der Waals surface area contributed by atoms with Gasteiger partial charge in [0.05, 0.1) is 0 Å². The smallest absolute Gasteiger partial charge is 0.244 e. The normalized spacial score (nSPS) is 11.8. The minimum Gasteiger partial charge on any atom is -0.358 e. The number of nitrogens with one attached hydrogen (secondary N) is 1. The number of pyridine rings is 1. The molecule has 0 saturated carbocycles. The lowest BCUT2D eigenvalue weighted by Gasteiger charge is -2.19. The summed E-state index contributed by atoms with van der Waals surface area (Å²) in [5.74, 6) is 0.765. The van der Waals surface area contributed by atoms with Gasteiger partial charge >= 0.3 is 0 Å². The van der Waals surface area contributed by atoms with Gasteiger partial charge in [0.15, 0.2) is 0 Å². The minimum atomic E-state index is -3.40. The quantitative estimate of drug-likeness (QED) is 0.718. The molecule has 0 fully saturated rings. The third kappa shape index (κ3) is 4.43. The van der Waals surface area contributed by atoms with Gasteiger partial charge in [0.1, 0.15) is 10.7 Å². The molecular formula is C13H24N4O2S. The first-order valence-electron chi connectivity index (χ1n) is 6.70. The minimum absolute atomic E-state index is 0.212. The first kappa shape index (κ1) is 16.9. The predicted molar refractivity (Wildman–Crippen MR) is 81.5 cm³/mol. The van der Waals surface area contributed by atoms with E-state index in [9.17, 15) is 8.42 Å². The van der Waals surface area contributed by atoms with Gasteiger partial charge in [-0.05, 0) is 25.1 Å². The second-order valence-corrected chi connectivity index (χ2v) is 6.96. The van der Waals surface area contributed by atoms with E-state index in [0.717, 1.165) is 31.9 Å². The zero-order valence-corrected chi connectivity index (χ0v) is 13.4. The number of likely N-dealkylation sites (N-methyl/N-ethyl adjacent to an activating group) is 1. The van der Waals surface area contributed by atoms with Crippen LogP contribution in [0.25, 0.3) is 0 Å². The summed E-state index contributed by atoms with van der Waals surface area (Å²) in [6.45, 7) is 4.83. The maximum absolute atomic E-state index is 11.9. The number of nitrogens with zero attached hydrogens (tertiary/aromatic N) is 3. The predicted octanol–water partition coefficient (Wildman–Crippen LogP) is 0.768. The van der Waals surface area contributed by atoms with Crippen molar-refractivity contribution in [1.29, 1.82) is 0 Å². The van der Waals surface area contributed by atoms with Gasteiger partial charge in [0.2, 0.25) is 10.0 Å². The molecule has 1 heterocycles. The monoisotopic (exact) mass is 300 g/mol. The molecule has 0 aliphatic heterocycles.